The zero-order valence-corrected chi connectivity index (χ0v) is 12.6. The fourth-order valence-electron chi connectivity index (χ4n) is 3.42. The Hall–Kier alpha value is -1.67. The number of alkyl halides is 1. The van der Waals surface area contributed by atoms with Gasteiger partial charge in [0.1, 0.15) is 0 Å². The summed E-state index contributed by atoms with van der Waals surface area (Å²) in [5.41, 5.74) is 5.42. The molecule has 2 aliphatic rings. The number of fused-ring (bicyclic) bond motifs is 2. The van der Waals surface area contributed by atoms with E-state index in [1.54, 1.807) is 0 Å². The van der Waals surface area contributed by atoms with Crippen molar-refractivity contribution in [2.75, 3.05) is 0 Å². The standard InChI is InChI=1S/C18H17ClN2/c19-18(11-15-7-3-4-8-16(15)12-18)21-20-17-9-13-5-1-2-6-14(13)10-17/h1-8,17H,9-12H2. The molecule has 0 saturated heterocycles. The fourth-order valence-corrected chi connectivity index (χ4v) is 3.75. The first-order valence-electron chi connectivity index (χ1n) is 7.46. The van der Waals surface area contributed by atoms with Gasteiger partial charge in [0.2, 0.25) is 0 Å². The van der Waals surface area contributed by atoms with Crippen molar-refractivity contribution in [2.24, 2.45) is 10.2 Å². The number of nitrogens with zero attached hydrogens (tertiary/aromatic N) is 2. The minimum atomic E-state index is -0.571. The number of hydrogen-bond donors (Lipinski definition) is 0. The first kappa shape index (κ1) is 13.0. The third kappa shape index (κ3) is 2.49. The second-order valence-corrected chi connectivity index (χ2v) is 6.79. The van der Waals surface area contributed by atoms with E-state index in [0.717, 1.165) is 25.7 Å². The van der Waals surface area contributed by atoms with E-state index in [1.165, 1.54) is 22.3 Å². The van der Waals surface area contributed by atoms with Gasteiger partial charge in [-0.05, 0) is 35.1 Å². The lowest BCUT2D eigenvalue weighted by Crippen LogP contribution is -2.19. The SMILES string of the molecule is ClC1(N=NC2Cc3ccccc3C2)Cc2ccccc2C1. The monoisotopic (exact) mass is 296 g/mol. The Bertz CT molecular complexity index is 658. The molecule has 2 nitrogen and oxygen atoms in total. The molecule has 4 rings (SSSR count). The van der Waals surface area contributed by atoms with Crippen molar-refractivity contribution in [2.45, 2.75) is 36.7 Å². The molecule has 0 spiro atoms. The molecular weight excluding hydrogens is 280 g/mol. The van der Waals surface area contributed by atoms with Crippen LogP contribution in [0.1, 0.15) is 22.3 Å². The Kier molecular flexibility index (Phi) is 3.07. The van der Waals surface area contributed by atoms with Crippen molar-refractivity contribution in [1.29, 1.82) is 0 Å². The summed E-state index contributed by atoms with van der Waals surface area (Å²) in [6.07, 6.45) is 3.54. The molecule has 0 atom stereocenters. The highest BCUT2D eigenvalue weighted by molar-refractivity contribution is 6.24. The molecule has 21 heavy (non-hydrogen) atoms. The summed E-state index contributed by atoms with van der Waals surface area (Å²) in [7, 11) is 0. The summed E-state index contributed by atoms with van der Waals surface area (Å²) in [5, 5.41) is 9.09. The molecule has 0 bridgehead atoms. The van der Waals surface area contributed by atoms with Gasteiger partial charge in [0.05, 0.1) is 6.04 Å². The number of halogens is 1. The van der Waals surface area contributed by atoms with Gasteiger partial charge in [-0.25, -0.2) is 0 Å². The molecule has 0 heterocycles. The minimum absolute atomic E-state index is 0.252. The van der Waals surface area contributed by atoms with Crippen LogP contribution in [0.2, 0.25) is 0 Å². The van der Waals surface area contributed by atoms with Crippen molar-refractivity contribution in [1.82, 2.24) is 0 Å². The maximum absolute atomic E-state index is 6.67. The summed E-state index contributed by atoms with van der Waals surface area (Å²) in [6, 6.07) is 17.2. The van der Waals surface area contributed by atoms with Crippen molar-refractivity contribution >= 4 is 11.6 Å². The van der Waals surface area contributed by atoms with E-state index in [1.807, 2.05) is 0 Å². The highest BCUT2D eigenvalue weighted by atomic mass is 35.5. The third-order valence-electron chi connectivity index (χ3n) is 4.47. The van der Waals surface area contributed by atoms with Crippen LogP contribution in [0, 0.1) is 0 Å². The summed E-state index contributed by atoms with van der Waals surface area (Å²) in [4.78, 5) is -0.571. The molecule has 0 N–H and O–H groups in total. The predicted molar refractivity (Wildman–Crippen MR) is 84.9 cm³/mol. The molecule has 0 radical (unpaired) electrons. The normalized spacial score (nSPS) is 19.9. The molecule has 2 aliphatic carbocycles. The molecule has 0 aliphatic heterocycles. The molecule has 0 unspecified atom stereocenters. The van der Waals surface area contributed by atoms with E-state index < -0.39 is 5.00 Å². The van der Waals surface area contributed by atoms with Crippen molar-refractivity contribution < 1.29 is 0 Å². The van der Waals surface area contributed by atoms with E-state index >= 15 is 0 Å². The molecule has 2 aromatic carbocycles. The zero-order valence-electron chi connectivity index (χ0n) is 11.8. The van der Waals surface area contributed by atoms with Crippen LogP contribution >= 0.6 is 11.6 Å². The van der Waals surface area contributed by atoms with Gasteiger partial charge >= 0.3 is 0 Å². The Balaban J connectivity index is 1.48. The second kappa shape index (κ2) is 4.96. The fraction of sp³-hybridized carbons (Fsp3) is 0.333. The highest BCUT2D eigenvalue weighted by Crippen LogP contribution is 2.37. The summed E-state index contributed by atoms with van der Waals surface area (Å²) in [6.45, 7) is 0. The Labute approximate surface area is 129 Å². The lowest BCUT2D eigenvalue weighted by atomic mass is 10.1. The number of benzene rings is 2. The average molecular weight is 297 g/mol. The largest absolute Gasteiger partial charge is 0.188 e. The van der Waals surface area contributed by atoms with Crippen LogP contribution in [0.15, 0.2) is 58.8 Å². The van der Waals surface area contributed by atoms with Gasteiger partial charge in [-0.2, -0.15) is 10.2 Å². The predicted octanol–water partition coefficient (Wildman–Crippen LogP) is 4.34. The maximum Gasteiger partial charge on any atom is 0.162 e. The van der Waals surface area contributed by atoms with Crippen LogP contribution in [0.3, 0.4) is 0 Å². The van der Waals surface area contributed by atoms with Crippen LogP contribution in [0.4, 0.5) is 0 Å². The molecule has 3 heteroatoms. The number of rotatable bonds is 2. The van der Waals surface area contributed by atoms with Crippen LogP contribution in [0.25, 0.3) is 0 Å². The number of hydrogen-bond acceptors (Lipinski definition) is 2. The Morgan fingerprint density at radius 2 is 1.29 bits per heavy atom. The van der Waals surface area contributed by atoms with Gasteiger partial charge in [0, 0.05) is 12.8 Å². The van der Waals surface area contributed by atoms with Gasteiger partial charge in [-0.3, -0.25) is 0 Å². The summed E-state index contributed by atoms with van der Waals surface area (Å²) < 4.78 is 0. The summed E-state index contributed by atoms with van der Waals surface area (Å²) in [5.74, 6) is 0. The van der Waals surface area contributed by atoms with Gasteiger partial charge in [-0.15, -0.1) is 0 Å². The quantitative estimate of drug-likeness (QED) is 0.447. The third-order valence-corrected chi connectivity index (χ3v) is 4.81. The van der Waals surface area contributed by atoms with Crippen molar-refractivity contribution in [3.8, 4) is 0 Å². The second-order valence-electron chi connectivity index (χ2n) is 6.09. The van der Waals surface area contributed by atoms with E-state index in [0.29, 0.717) is 0 Å². The minimum Gasteiger partial charge on any atom is -0.188 e. The first-order valence-corrected chi connectivity index (χ1v) is 7.84. The molecular formula is C18H17ClN2. The van der Waals surface area contributed by atoms with E-state index in [2.05, 4.69) is 58.8 Å². The average Bonchev–Trinajstić information content (AvgIpc) is 3.04. The van der Waals surface area contributed by atoms with Crippen molar-refractivity contribution in [3.05, 3.63) is 70.8 Å². The molecule has 0 amide bonds. The number of azo groups is 1. The summed E-state index contributed by atoms with van der Waals surface area (Å²) >= 11 is 6.67. The van der Waals surface area contributed by atoms with E-state index in [4.69, 9.17) is 11.6 Å². The van der Waals surface area contributed by atoms with Gasteiger partial charge in [0.25, 0.3) is 0 Å². The van der Waals surface area contributed by atoms with Gasteiger partial charge in [-0.1, -0.05) is 60.1 Å². The van der Waals surface area contributed by atoms with Gasteiger partial charge < -0.3 is 0 Å². The molecule has 0 saturated carbocycles. The Morgan fingerprint density at radius 1 is 0.810 bits per heavy atom. The van der Waals surface area contributed by atoms with Crippen LogP contribution in [0.5, 0.6) is 0 Å². The molecule has 106 valence electrons. The van der Waals surface area contributed by atoms with Crippen LogP contribution in [-0.2, 0) is 25.7 Å². The van der Waals surface area contributed by atoms with Crippen molar-refractivity contribution in [3.63, 3.8) is 0 Å². The van der Waals surface area contributed by atoms with Crippen LogP contribution in [-0.4, -0.2) is 11.0 Å². The first-order chi connectivity index (χ1) is 10.2. The lowest BCUT2D eigenvalue weighted by Gasteiger charge is -2.14. The topological polar surface area (TPSA) is 24.7 Å². The molecule has 0 aromatic heterocycles. The lowest BCUT2D eigenvalue weighted by molar-refractivity contribution is 0.553. The molecule has 0 fully saturated rings. The van der Waals surface area contributed by atoms with Crippen LogP contribution < -0.4 is 0 Å². The highest BCUT2D eigenvalue weighted by Gasteiger charge is 2.35. The van der Waals surface area contributed by atoms with Gasteiger partial charge in [0.15, 0.2) is 5.00 Å². The zero-order chi connectivity index (χ0) is 14.3. The Morgan fingerprint density at radius 3 is 1.81 bits per heavy atom. The van der Waals surface area contributed by atoms with E-state index in [-0.39, 0.29) is 6.04 Å². The smallest absolute Gasteiger partial charge is 0.162 e. The van der Waals surface area contributed by atoms with E-state index in [9.17, 15) is 0 Å². The maximum atomic E-state index is 6.67. The molecule has 2 aromatic rings.